The first kappa shape index (κ1) is 21.6. The van der Waals surface area contributed by atoms with Crippen molar-refractivity contribution in [3.8, 4) is 0 Å². The zero-order chi connectivity index (χ0) is 20.9. The van der Waals surface area contributed by atoms with Gasteiger partial charge in [0.25, 0.3) is 5.91 Å². The van der Waals surface area contributed by atoms with Gasteiger partial charge >= 0.3 is 0 Å². The summed E-state index contributed by atoms with van der Waals surface area (Å²) >= 11 is 4.92. The molecule has 0 bridgehead atoms. The molecular formula is C22H25N3O2S3. The fourth-order valence-corrected chi connectivity index (χ4v) is 5.56. The summed E-state index contributed by atoms with van der Waals surface area (Å²) in [5.41, 5.74) is 1.68. The van der Waals surface area contributed by atoms with Gasteiger partial charge in [-0.3, -0.25) is 14.6 Å². The molecule has 0 unspecified atom stereocenters. The number of anilines is 1. The quantitative estimate of drug-likeness (QED) is 0.477. The van der Waals surface area contributed by atoms with Crippen LogP contribution in [0.5, 0.6) is 0 Å². The van der Waals surface area contributed by atoms with Gasteiger partial charge in [-0.2, -0.15) is 0 Å². The highest BCUT2D eigenvalue weighted by atomic mass is 32.2. The highest BCUT2D eigenvalue weighted by Crippen LogP contribution is 2.34. The van der Waals surface area contributed by atoms with Gasteiger partial charge in [-0.15, -0.1) is 23.5 Å². The Bertz CT molecular complexity index is 1020. The fourth-order valence-electron chi connectivity index (χ4n) is 3.45. The fraction of sp³-hybridized carbons (Fsp3) is 0.364. The number of fused-ring (bicyclic) bond motifs is 1. The molecule has 0 saturated carbocycles. The van der Waals surface area contributed by atoms with E-state index in [2.05, 4.69) is 29.4 Å². The van der Waals surface area contributed by atoms with Gasteiger partial charge in [0, 0.05) is 41.5 Å². The Hall–Kier alpha value is -1.58. The second-order valence-corrected chi connectivity index (χ2v) is 9.68. The van der Waals surface area contributed by atoms with E-state index in [1.165, 1.54) is 0 Å². The van der Waals surface area contributed by atoms with Gasteiger partial charge in [-0.05, 0) is 42.8 Å². The van der Waals surface area contributed by atoms with Crippen molar-refractivity contribution >= 4 is 56.1 Å². The van der Waals surface area contributed by atoms with Crippen molar-refractivity contribution in [3.63, 3.8) is 0 Å². The van der Waals surface area contributed by atoms with Crippen LogP contribution >= 0.6 is 34.9 Å². The van der Waals surface area contributed by atoms with Crippen molar-refractivity contribution in [3.05, 3.63) is 48.0 Å². The van der Waals surface area contributed by atoms with E-state index in [0.29, 0.717) is 12.1 Å². The molecule has 1 fully saturated rings. The molecule has 0 aliphatic carbocycles. The molecule has 1 aliphatic rings. The number of benzene rings is 2. The Morgan fingerprint density at radius 2 is 1.97 bits per heavy atom. The van der Waals surface area contributed by atoms with E-state index in [-0.39, 0.29) is 5.91 Å². The number of ether oxygens (including phenoxy) is 1. The van der Waals surface area contributed by atoms with Crippen molar-refractivity contribution in [2.24, 2.45) is 0 Å². The molecule has 8 heteroatoms. The highest BCUT2D eigenvalue weighted by Gasteiger charge is 2.23. The second-order valence-electron chi connectivity index (χ2n) is 6.95. The van der Waals surface area contributed by atoms with Crippen LogP contribution in [0.25, 0.3) is 10.2 Å². The van der Waals surface area contributed by atoms with Crippen LogP contribution in [-0.2, 0) is 4.74 Å². The minimum absolute atomic E-state index is 0.00363. The molecule has 1 aliphatic heterocycles. The lowest BCUT2D eigenvalue weighted by molar-refractivity contribution is 0.0391. The molecule has 1 amide bonds. The van der Waals surface area contributed by atoms with E-state index in [1.54, 1.807) is 34.9 Å². The van der Waals surface area contributed by atoms with Crippen LogP contribution in [-0.4, -0.2) is 67.7 Å². The SMILES string of the molecule is CSc1cccc(C(=O)N(CCN2CCOCC2)c2nc3c(SC)cccc3s2)c1. The molecule has 0 N–H and O–H groups in total. The van der Waals surface area contributed by atoms with Gasteiger partial charge in [-0.25, -0.2) is 4.98 Å². The summed E-state index contributed by atoms with van der Waals surface area (Å²) in [6, 6.07) is 14.1. The van der Waals surface area contributed by atoms with E-state index in [9.17, 15) is 4.79 Å². The lowest BCUT2D eigenvalue weighted by atomic mass is 10.2. The number of aromatic nitrogens is 1. The van der Waals surface area contributed by atoms with Crippen LogP contribution in [0.15, 0.2) is 52.3 Å². The maximum absolute atomic E-state index is 13.6. The molecule has 0 radical (unpaired) electrons. The van der Waals surface area contributed by atoms with Crippen LogP contribution in [0.3, 0.4) is 0 Å². The lowest BCUT2D eigenvalue weighted by Gasteiger charge is -2.29. The maximum Gasteiger partial charge on any atom is 0.260 e. The van der Waals surface area contributed by atoms with Gasteiger partial charge in [0.2, 0.25) is 0 Å². The third-order valence-electron chi connectivity index (χ3n) is 5.13. The van der Waals surface area contributed by atoms with E-state index >= 15 is 0 Å². The number of nitrogens with zero attached hydrogens (tertiary/aromatic N) is 3. The summed E-state index contributed by atoms with van der Waals surface area (Å²) in [5.74, 6) is 0.00363. The smallest absolute Gasteiger partial charge is 0.260 e. The monoisotopic (exact) mass is 459 g/mol. The third-order valence-corrected chi connectivity index (χ3v) is 7.67. The van der Waals surface area contributed by atoms with Crippen LogP contribution in [0, 0.1) is 0 Å². The first-order valence-corrected chi connectivity index (χ1v) is 13.2. The summed E-state index contributed by atoms with van der Waals surface area (Å²) in [6.45, 7) is 4.73. The number of hydrogen-bond acceptors (Lipinski definition) is 7. The lowest BCUT2D eigenvalue weighted by Crippen LogP contribution is -2.43. The molecule has 4 rings (SSSR count). The molecule has 5 nitrogen and oxygen atoms in total. The van der Waals surface area contributed by atoms with E-state index < -0.39 is 0 Å². The minimum atomic E-state index is 0.00363. The average molecular weight is 460 g/mol. The first-order chi connectivity index (χ1) is 14.7. The molecule has 3 aromatic rings. The Kier molecular flexibility index (Phi) is 7.32. The first-order valence-electron chi connectivity index (χ1n) is 9.89. The number of rotatable bonds is 7. The Balaban J connectivity index is 1.66. The van der Waals surface area contributed by atoms with Crippen molar-refractivity contribution in [1.29, 1.82) is 0 Å². The van der Waals surface area contributed by atoms with E-state index in [0.717, 1.165) is 58.0 Å². The molecule has 158 valence electrons. The van der Waals surface area contributed by atoms with Crippen LogP contribution in [0.4, 0.5) is 5.13 Å². The van der Waals surface area contributed by atoms with Gasteiger partial charge in [0.05, 0.1) is 23.4 Å². The Morgan fingerprint density at radius 3 is 2.73 bits per heavy atom. The highest BCUT2D eigenvalue weighted by molar-refractivity contribution is 7.99. The predicted octanol–water partition coefficient (Wildman–Crippen LogP) is 4.72. The Labute approximate surface area is 189 Å². The predicted molar refractivity (Wildman–Crippen MR) is 129 cm³/mol. The number of thiazole rings is 1. The number of carbonyl (C=O) groups excluding carboxylic acids is 1. The summed E-state index contributed by atoms with van der Waals surface area (Å²) < 4.78 is 6.57. The standard InChI is InChI=1S/C22H25N3O2S3/c1-28-17-6-3-5-16(15-17)21(26)25(10-9-24-11-13-27-14-12-24)22-23-20-18(29-2)7-4-8-19(20)30-22/h3-8,15H,9-14H2,1-2H3. The van der Waals surface area contributed by atoms with Gasteiger partial charge in [-0.1, -0.05) is 23.5 Å². The molecule has 1 aromatic heterocycles. The molecule has 1 saturated heterocycles. The number of amides is 1. The summed E-state index contributed by atoms with van der Waals surface area (Å²) in [6.07, 6.45) is 4.08. The molecule has 0 spiro atoms. The zero-order valence-electron chi connectivity index (χ0n) is 17.2. The molecule has 2 aromatic carbocycles. The second kappa shape index (κ2) is 10.2. The average Bonchev–Trinajstić information content (AvgIpc) is 3.24. The zero-order valence-corrected chi connectivity index (χ0v) is 19.6. The van der Waals surface area contributed by atoms with Crippen molar-refractivity contribution < 1.29 is 9.53 Å². The summed E-state index contributed by atoms with van der Waals surface area (Å²) in [4.78, 5) is 24.9. The number of thioether (sulfide) groups is 2. The largest absolute Gasteiger partial charge is 0.379 e. The van der Waals surface area contributed by atoms with E-state index in [1.807, 2.05) is 35.4 Å². The summed E-state index contributed by atoms with van der Waals surface area (Å²) in [7, 11) is 0. The number of carbonyl (C=O) groups is 1. The van der Waals surface area contributed by atoms with Crippen molar-refractivity contribution in [2.75, 3.05) is 56.8 Å². The molecule has 0 atom stereocenters. The summed E-state index contributed by atoms with van der Waals surface area (Å²) in [5, 5.41) is 0.763. The van der Waals surface area contributed by atoms with Crippen molar-refractivity contribution in [2.45, 2.75) is 9.79 Å². The Morgan fingerprint density at radius 1 is 1.17 bits per heavy atom. The van der Waals surface area contributed by atoms with E-state index in [4.69, 9.17) is 9.72 Å². The van der Waals surface area contributed by atoms with Crippen LogP contribution in [0.1, 0.15) is 10.4 Å². The molecule has 2 heterocycles. The van der Waals surface area contributed by atoms with Gasteiger partial charge < -0.3 is 4.74 Å². The maximum atomic E-state index is 13.6. The minimum Gasteiger partial charge on any atom is -0.379 e. The molecule has 30 heavy (non-hydrogen) atoms. The molecular weight excluding hydrogens is 434 g/mol. The van der Waals surface area contributed by atoms with Crippen LogP contribution < -0.4 is 4.90 Å². The van der Waals surface area contributed by atoms with Gasteiger partial charge in [0.1, 0.15) is 0 Å². The van der Waals surface area contributed by atoms with Gasteiger partial charge in [0.15, 0.2) is 5.13 Å². The number of para-hydroxylation sites is 1. The van der Waals surface area contributed by atoms with Crippen LogP contribution in [0.2, 0.25) is 0 Å². The number of morpholine rings is 1. The topological polar surface area (TPSA) is 45.7 Å². The number of hydrogen-bond donors (Lipinski definition) is 0. The van der Waals surface area contributed by atoms with Crippen molar-refractivity contribution in [1.82, 2.24) is 9.88 Å². The third kappa shape index (κ3) is 4.84. The normalized spacial score (nSPS) is 14.9.